The van der Waals surface area contributed by atoms with Crippen molar-refractivity contribution in [1.82, 2.24) is 10.2 Å². The van der Waals surface area contributed by atoms with Crippen molar-refractivity contribution in [2.45, 2.75) is 46.1 Å². The van der Waals surface area contributed by atoms with Crippen LogP contribution in [0, 0.1) is 0 Å². The van der Waals surface area contributed by atoms with E-state index in [0.717, 1.165) is 12.8 Å². The predicted molar refractivity (Wildman–Crippen MR) is 66.5 cm³/mol. The maximum Gasteiger partial charge on any atom is 0.311 e. The van der Waals surface area contributed by atoms with Crippen LogP contribution in [0.3, 0.4) is 0 Å². The first-order valence-corrected chi connectivity index (χ1v) is 6.31. The third-order valence-corrected chi connectivity index (χ3v) is 2.52. The molecule has 2 N–H and O–H groups in total. The third-order valence-electron chi connectivity index (χ3n) is 2.52. The Morgan fingerprint density at radius 1 is 1.18 bits per heavy atom. The van der Waals surface area contributed by atoms with Crippen LogP contribution < -0.4 is 5.32 Å². The molecular formula is C12H24N2O3. The van der Waals surface area contributed by atoms with Crippen molar-refractivity contribution in [2.75, 3.05) is 19.7 Å². The van der Waals surface area contributed by atoms with Crippen molar-refractivity contribution in [2.24, 2.45) is 0 Å². The summed E-state index contributed by atoms with van der Waals surface area (Å²) in [5.74, 6) is -1.12. The number of nitrogens with one attached hydrogen (secondary N) is 1. The second-order valence-corrected chi connectivity index (χ2v) is 4.05. The molecule has 0 aliphatic carbocycles. The highest BCUT2D eigenvalue weighted by atomic mass is 16.3. The van der Waals surface area contributed by atoms with E-state index in [0.29, 0.717) is 19.5 Å². The number of rotatable bonds is 7. The Hall–Kier alpha value is -1.10. The first kappa shape index (κ1) is 15.9. The van der Waals surface area contributed by atoms with Crippen molar-refractivity contribution in [3.8, 4) is 0 Å². The van der Waals surface area contributed by atoms with Crippen molar-refractivity contribution in [1.29, 1.82) is 0 Å². The van der Waals surface area contributed by atoms with Gasteiger partial charge in [-0.3, -0.25) is 9.59 Å². The van der Waals surface area contributed by atoms with Gasteiger partial charge in [0.2, 0.25) is 0 Å². The summed E-state index contributed by atoms with van der Waals surface area (Å²) in [5, 5.41) is 11.5. The second-order valence-electron chi connectivity index (χ2n) is 4.05. The summed E-state index contributed by atoms with van der Waals surface area (Å²) in [6.07, 6.45) is 2.27. The van der Waals surface area contributed by atoms with Gasteiger partial charge in [-0.1, -0.05) is 20.8 Å². The maximum atomic E-state index is 11.8. The lowest BCUT2D eigenvalue weighted by Crippen LogP contribution is -2.47. The first-order chi connectivity index (χ1) is 8.10. The molecule has 0 rings (SSSR count). The number of nitrogens with zero attached hydrogens (tertiary/aromatic N) is 1. The standard InChI is InChI=1S/C12H24N2O3/c1-4-7-14(8-5-2)12(17)11(16)13-10(6-3)9-15/h10,15H,4-9H2,1-3H3,(H,13,16). The van der Waals surface area contributed by atoms with Crippen molar-refractivity contribution >= 4 is 11.8 Å². The number of carbonyl (C=O) groups excluding carboxylic acids is 2. The molecule has 0 bridgehead atoms. The molecule has 0 aromatic rings. The van der Waals surface area contributed by atoms with Gasteiger partial charge in [-0.25, -0.2) is 0 Å². The van der Waals surface area contributed by atoms with E-state index in [1.807, 2.05) is 20.8 Å². The fourth-order valence-electron chi connectivity index (χ4n) is 1.52. The van der Waals surface area contributed by atoms with Crippen molar-refractivity contribution in [3.63, 3.8) is 0 Å². The predicted octanol–water partition coefficient (Wildman–Crippen LogP) is 0.522. The lowest BCUT2D eigenvalue weighted by molar-refractivity contribution is -0.146. The van der Waals surface area contributed by atoms with Crippen LogP contribution in [0.4, 0.5) is 0 Å². The van der Waals surface area contributed by atoms with Crippen molar-refractivity contribution in [3.05, 3.63) is 0 Å². The lowest BCUT2D eigenvalue weighted by atomic mass is 10.2. The number of aliphatic hydroxyl groups excluding tert-OH is 1. The summed E-state index contributed by atoms with van der Waals surface area (Å²) in [4.78, 5) is 25.0. The monoisotopic (exact) mass is 244 g/mol. The molecule has 1 atom stereocenters. The zero-order valence-corrected chi connectivity index (χ0v) is 11.0. The number of amides is 2. The highest BCUT2D eigenvalue weighted by Gasteiger charge is 2.22. The third kappa shape index (κ3) is 5.68. The molecule has 0 aromatic heterocycles. The Bertz CT molecular complexity index is 234. The molecule has 0 saturated carbocycles. The van der Waals surface area contributed by atoms with Crippen LogP contribution in [0.5, 0.6) is 0 Å². The Morgan fingerprint density at radius 3 is 2.06 bits per heavy atom. The van der Waals surface area contributed by atoms with E-state index in [1.54, 1.807) is 4.90 Å². The van der Waals surface area contributed by atoms with E-state index >= 15 is 0 Å². The van der Waals surface area contributed by atoms with Crippen LogP contribution in [0.2, 0.25) is 0 Å². The van der Waals surface area contributed by atoms with E-state index < -0.39 is 11.8 Å². The van der Waals surface area contributed by atoms with Crippen LogP contribution in [0.15, 0.2) is 0 Å². The molecule has 0 spiro atoms. The minimum absolute atomic E-state index is 0.142. The van der Waals surface area contributed by atoms with Gasteiger partial charge in [0.25, 0.3) is 0 Å². The van der Waals surface area contributed by atoms with Crippen LogP contribution in [0.25, 0.3) is 0 Å². The maximum absolute atomic E-state index is 11.8. The molecule has 0 radical (unpaired) electrons. The average molecular weight is 244 g/mol. The minimum Gasteiger partial charge on any atom is -0.394 e. The number of hydrogen-bond acceptors (Lipinski definition) is 3. The fraction of sp³-hybridized carbons (Fsp3) is 0.833. The zero-order valence-electron chi connectivity index (χ0n) is 11.0. The van der Waals surface area contributed by atoms with Gasteiger partial charge < -0.3 is 15.3 Å². The molecule has 0 heterocycles. The minimum atomic E-state index is -0.618. The van der Waals surface area contributed by atoms with E-state index in [2.05, 4.69) is 5.32 Å². The summed E-state index contributed by atoms with van der Waals surface area (Å²) in [6.45, 7) is 6.83. The van der Waals surface area contributed by atoms with Crippen LogP contribution in [-0.2, 0) is 9.59 Å². The van der Waals surface area contributed by atoms with Gasteiger partial charge in [0.05, 0.1) is 12.6 Å². The summed E-state index contributed by atoms with van der Waals surface area (Å²) in [7, 11) is 0. The van der Waals surface area contributed by atoms with E-state index in [1.165, 1.54) is 0 Å². The molecule has 5 heteroatoms. The second kappa shape index (κ2) is 8.98. The Morgan fingerprint density at radius 2 is 1.71 bits per heavy atom. The molecule has 0 aromatic carbocycles. The largest absolute Gasteiger partial charge is 0.394 e. The van der Waals surface area contributed by atoms with Gasteiger partial charge in [0.15, 0.2) is 0 Å². The van der Waals surface area contributed by atoms with E-state index in [-0.39, 0.29) is 12.6 Å². The summed E-state index contributed by atoms with van der Waals surface area (Å²) < 4.78 is 0. The van der Waals surface area contributed by atoms with Crippen LogP contribution in [-0.4, -0.2) is 47.6 Å². The molecule has 17 heavy (non-hydrogen) atoms. The fourth-order valence-corrected chi connectivity index (χ4v) is 1.52. The van der Waals surface area contributed by atoms with Gasteiger partial charge >= 0.3 is 11.8 Å². The van der Waals surface area contributed by atoms with E-state index in [4.69, 9.17) is 5.11 Å². The zero-order chi connectivity index (χ0) is 13.3. The topological polar surface area (TPSA) is 69.6 Å². The number of aliphatic hydroxyl groups is 1. The van der Waals surface area contributed by atoms with Crippen LogP contribution >= 0.6 is 0 Å². The smallest absolute Gasteiger partial charge is 0.311 e. The lowest BCUT2D eigenvalue weighted by Gasteiger charge is -2.22. The van der Waals surface area contributed by atoms with Gasteiger partial charge in [0, 0.05) is 13.1 Å². The van der Waals surface area contributed by atoms with E-state index in [9.17, 15) is 9.59 Å². The normalized spacial score (nSPS) is 12.0. The number of carbonyl (C=O) groups is 2. The summed E-state index contributed by atoms with van der Waals surface area (Å²) in [5.41, 5.74) is 0. The molecule has 5 nitrogen and oxygen atoms in total. The van der Waals surface area contributed by atoms with Gasteiger partial charge in [-0.2, -0.15) is 0 Å². The first-order valence-electron chi connectivity index (χ1n) is 6.31. The molecular weight excluding hydrogens is 220 g/mol. The van der Waals surface area contributed by atoms with Gasteiger partial charge in [-0.15, -0.1) is 0 Å². The SMILES string of the molecule is CCCN(CCC)C(=O)C(=O)NC(CC)CO. The summed E-state index contributed by atoms with van der Waals surface area (Å²) >= 11 is 0. The summed E-state index contributed by atoms with van der Waals surface area (Å²) in [6, 6.07) is -0.337. The average Bonchev–Trinajstić information content (AvgIpc) is 2.34. The van der Waals surface area contributed by atoms with Gasteiger partial charge in [0.1, 0.15) is 0 Å². The Kier molecular flexibility index (Phi) is 8.40. The highest BCUT2D eigenvalue weighted by molar-refractivity contribution is 6.35. The molecule has 0 fully saturated rings. The Labute approximate surface area is 103 Å². The molecule has 1 unspecified atom stereocenters. The molecule has 2 amide bonds. The molecule has 0 aliphatic rings. The van der Waals surface area contributed by atoms with Gasteiger partial charge in [-0.05, 0) is 19.3 Å². The Balaban J connectivity index is 4.38. The quantitative estimate of drug-likeness (QED) is 0.642. The molecule has 100 valence electrons. The van der Waals surface area contributed by atoms with Crippen molar-refractivity contribution < 1.29 is 14.7 Å². The number of hydrogen-bond donors (Lipinski definition) is 2. The highest BCUT2D eigenvalue weighted by Crippen LogP contribution is 1.97. The van der Waals surface area contributed by atoms with Crippen LogP contribution in [0.1, 0.15) is 40.0 Å². The molecule has 0 aliphatic heterocycles. The molecule has 0 saturated heterocycles.